The minimum Gasteiger partial charge on any atom is -0.494 e. The fourth-order valence-electron chi connectivity index (χ4n) is 3.59. The van der Waals surface area contributed by atoms with Crippen molar-refractivity contribution >= 4 is 10.8 Å². The predicted molar refractivity (Wildman–Crippen MR) is 114 cm³/mol. The lowest BCUT2D eigenvalue weighted by molar-refractivity contribution is 0.340. The van der Waals surface area contributed by atoms with E-state index in [0.717, 1.165) is 34.4 Å². The Labute approximate surface area is 173 Å². The molecular formula is C26H21F3O. The van der Waals surface area contributed by atoms with Gasteiger partial charge in [0, 0.05) is 5.39 Å². The standard InChI is InChI=1S/C26H21F3O/c1-2-30-22-11-8-18(9-12-22)20-10-13-23-21(16-20)7-6-19(26(23)29)5-3-17-4-14-24(27)25(28)15-17/h4,6-16H,2-3,5H2,1H3. The lowest BCUT2D eigenvalue weighted by Gasteiger charge is -2.10. The monoisotopic (exact) mass is 406 g/mol. The molecule has 0 amide bonds. The summed E-state index contributed by atoms with van der Waals surface area (Å²) in [5.41, 5.74) is 3.22. The van der Waals surface area contributed by atoms with E-state index in [1.807, 2.05) is 49.4 Å². The van der Waals surface area contributed by atoms with Crippen molar-refractivity contribution in [3.63, 3.8) is 0 Å². The van der Waals surface area contributed by atoms with E-state index in [9.17, 15) is 8.78 Å². The predicted octanol–water partition coefficient (Wildman–Crippen LogP) is 7.11. The number of hydrogen-bond acceptors (Lipinski definition) is 1. The average molecular weight is 406 g/mol. The molecule has 4 aromatic carbocycles. The van der Waals surface area contributed by atoms with Gasteiger partial charge in [-0.25, -0.2) is 13.2 Å². The van der Waals surface area contributed by atoms with Crippen LogP contribution in [0.4, 0.5) is 13.2 Å². The molecule has 0 radical (unpaired) electrons. The maximum absolute atomic E-state index is 15.0. The number of halogens is 3. The van der Waals surface area contributed by atoms with Crippen LogP contribution in [-0.2, 0) is 12.8 Å². The summed E-state index contributed by atoms with van der Waals surface area (Å²) in [6.07, 6.45) is 0.845. The molecule has 0 aliphatic carbocycles. The molecule has 4 aromatic rings. The van der Waals surface area contributed by atoms with E-state index in [4.69, 9.17) is 4.74 Å². The van der Waals surface area contributed by atoms with E-state index in [-0.39, 0.29) is 5.82 Å². The summed E-state index contributed by atoms with van der Waals surface area (Å²) in [6.45, 7) is 2.56. The molecule has 0 bridgehead atoms. The Morgan fingerprint density at radius 3 is 2.20 bits per heavy atom. The van der Waals surface area contributed by atoms with Crippen LogP contribution >= 0.6 is 0 Å². The van der Waals surface area contributed by atoms with Gasteiger partial charge in [-0.05, 0) is 77.7 Å². The van der Waals surface area contributed by atoms with E-state index in [2.05, 4.69) is 0 Å². The van der Waals surface area contributed by atoms with Crippen LogP contribution in [0, 0.1) is 17.5 Å². The lowest BCUT2D eigenvalue weighted by Crippen LogP contribution is -1.97. The van der Waals surface area contributed by atoms with Crippen molar-refractivity contribution < 1.29 is 17.9 Å². The van der Waals surface area contributed by atoms with Gasteiger partial charge in [0.15, 0.2) is 11.6 Å². The van der Waals surface area contributed by atoms with Crippen molar-refractivity contribution in [3.8, 4) is 16.9 Å². The maximum atomic E-state index is 15.0. The van der Waals surface area contributed by atoms with Gasteiger partial charge in [-0.15, -0.1) is 0 Å². The van der Waals surface area contributed by atoms with E-state index in [0.29, 0.717) is 36.0 Å². The highest BCUT2D eigenvalue weighted by Crippen LogP contribution is 2.29. The Morgan fingerprint density at radius 1 is 0.700 bits per heavy atom. The number of rotatable bonds is 6. The molecule has 0 saturated heterocycles. The summed E-state index contributed by atoms with van der Waals surface area (Å²) in [4.78, 5) is 0. The first-order valence-electron chi connectivity index (χ1n) is 9.93. The number of benzene rings is 4. The van der Waals surface area contributed by atoms with E-state index >= 15 is 4.39 Å². The van der Waals surface area contributed by atoms with Crippen LogP contribution in [0.2, 0.25) is 0 Å². The first-order chi connectivity index (χ1) is 14.5. The first kappa shape index (κ1) is 20.0. The van der Waals surface area contributed by atoms with Gasteiger partial charge in [0.05, 0.1) is 6.61 Å². The van der Waals surface area contributed by atoms with Gasteiger partial charge in [0.25, 0.3) is 0 Å². The smallest absolute Gasteiger partial charge is 0.159 e. The molecule has 1 nitrogen and oxygen atoms in total. The molecule has 0 saturated carbocycles. The fourth-order valence-corrected chi connectivity index (χ4v) is 3.59. The minimum absolute atomic E-state index is 0.270. The van der Waals surface area contributed by atoms with Crippen molar-refractivity contribution in [2.24, 2.45) is 0 Å². The summed E-state index contributed by atoms with van der Waals surface area (Å²) in [6, 6.07) is 20.9. The minimum atomic E-state index is -0.881. The van der Waals surface area contributed by atoms with Gasteiger partial charge < -0.3 is 4.74 Å². The molecule has 0 aromatic heterocycles. The molecule has 0 fully saturated rings. The number of aryl methyl sites for hydroxylation is 2. The van der Waals surface area contributed by atoms with Crippen LogP contribution in [-0.4, -0.2) is 6.61 Å². The quantitative estimate of drug-likeness (QED) is 0.332. The topological polar surface area (TPSA) is 9.23 Å². The zero-order chi connectivity index (χ0) is 21.1. The molecule has 0 aliphatic rings. The zero-order valence-corrected chi connectivity index (χ0v) is 16.6. The van der Waals surface area contributed by atoms with Crippen LogP contribution in [0.3, 0.4) is 0 Å². The second kappa shape index (κ2) is 8.62. The van der Waals surface area contributed by atoms with Crippen molar-refractivity contribution in [1.82, 2.24) is 0 Å². The molecule has 0 atom stereocenters. The maximum Gasteiger partial charge on any atom is 0.159 e. The van der Waals surface area contributed by atoms with Gasteiger partial charge in [-0.2, -0.15) is 0 Å². The molecule has 0 unspecified atom stereocenters. The van der Waals surface area contributed by atoms with Gasteiger partial charge in [-0.3, -0.25) is 0 Å². The molecule has 30 heavy (non-hydrogen) atoms. The van der Waals surface area contributed by atoms with Crippen LogP contribution in [0.1, 0.15) is 18.1 Å². The van der Waals surface area contributed by atoms with E-state index < -0.39 is 11.6 Å². The Kier molecular flexibility index (Phi) is 5.75. The third kappa shape index (κ3) is 4.18. The SMILES string of the molecule is CCOc1ccc(-c2ccc3c(F)c(CCc4ccc(F)c(F)c4)ccc3c2)cc1. The molecule has 0 N–H and O–H groups in total. The van der Waals surface area contributed by atoms with Gasteiger partial charge in [-0.1, -0.05) is 42.5 Å². The lowest BCUT2D eigenvalue weighted by atomic mass is 9.97. The molecule has 4 rings (SSSR count). The number of hydrogen-bond donors (Lipinski definition) is 0. The molecular weight excluding hydrogens is 385 g/mol. The van der Waals surface area contributed by atoms with Crippen molar-refractivity contribution in [3.05, 3.63) is 101 Å². The Bertz CT molecular complexity index is 1180. The van der Waals surface area contributed by atoms with Gasteiger partial charge >= 0.3 is 0 Å². The van der Waals surface area contributed by atoms with Crippen molar-refractivity contribution in [1.29, 1.82) is 0 Å². The van der Waals surface area contributed by atoms with Crippen LogP contribution in [0.5, 0.6) is 5.75 Å². The summed E-state index contributed by atoms with van der Waals surface area (Å²) in [5, 5.41) is 1.36. The van der Waals surface area contributed by atoms with E-state index in [1.54, 1.807) is 12.1 Å². The number of ether oxygens (including phenoxy) is 1. The largest absolute Gasteiger partial charge is 0.494 e. The summed E-state index contributed by atoms with van der Waals surface area (Å²) in [7, 11) is 0. The second-order valence-electron chi connectivity index (χ2n) is 7.18. The van der Waals surface area contributed by atoms with Gasteiger partial charge in [0.1, 0.15) is 11.6 Å². The molecule has 152 valence electrons. The van der Waals surface area contributed by atoms with Crippen LogP contribution in [0.25, 0.3) is 21.9 Å². The normalized spacial score (nSPS) is 11.1. The second-order valence-corrected chi connectivity index (χ2v) is 7.18. The molecule has 0 spiro atoms. The molecule has 0 heterocycles. The average Bonchev–Trinajstić information content (AvgIpc) is 2.76. The summed E-state index contributed by atoms with van der Waals surface area (Å²) >= 11 is 0. The third-order valence-corrected chi connectivity index (χ3v) is 5.20. The molecule has 4 heteroatoms. The Hall–Kier alpha value is -3.27. The highest BCUT2D eigenvalue weighted by molar-refractivity contribution is 5.88. The van der Waals surface area contributed by atoms with E-state index in [1.165, 1.54) is 6.07 Å². The Balaban J connectivity index is 1.56. The highest BCUT2D eigenvalue weighted by Gasteiger charge is 2.10. The zero-order valence-electron chi connectivity index (χ0n) is 16.6. The van der Waals surface area contributed by atoms with Crippen molar-refractivity contribution in [2.75, 3.05) is 6.61 Å². The summed E-state index contributed by atoms with van der Waals surface area (Å²) < 4.78 is 47.0. The number of fused-ring (bicyclic) bond motifs is 1. The molecule has 0 aliphatic heterocycles. The van der Waals surface area contributed by atoms with Crippen molar-refractivity contribution in [2.45, 2.75) is 19.8 Å². The van der Waals surface area contributed by atoms with Crippen LogP contribution < -0.4 is 4.74 Å². The Morgan fingerprint density at radius 2 is 1.47 bits per heavy atom. The third-order valence-electron chi connectivity index (χ3n) is 5.20. The van der Waals surface area contributed by atoms with Crippen LogP contribution in [0.15, 0.2) is 72.8 Å². The fraction of sp³-hybridized carbons (Fsp3) is 0.154. The first-order valence-corrected chi connectivity index (χ1v) is 9.93. The summed E-state index contributed by atoms with van der Waals surface area (Å²) in [5.74, 6) is -1.21. The highest BCUT2D eigenvalue weighted by atomic mass is 19.2. The van der Waals surface area contributed by atoms with Gasteiger partial charge in [0.2, 0.25) is 0 Å².